The van der Waals surface area contributed by atoms with Crippen molar-refractivity contribution in [2.24, 2.45) is 0 Å². The number of rotatable bonds is 6. The smallest absolute Gasteiger partial charge is 0.165 e. The second kappa shape index (κ2) is 5.67. The molecule has 1 aromatic heterocycles. The molecular formula is C15H19NO. The number of unbranched alkanes of at least 4 members (excludes halogenated alkanes) is 3. The lowest BCUT2D eigenvalue weighted by Gasteiger charge is -1.99. The first-order valence-electron chi connectivity index (χ1n) is 6.42. The van der Waals surface area contributed by atoms with E-state index in [1.807, 2.05) is 30.5 Å². The summed E-state index contributed by atoms with van der Waals surface area (Å²) in [5, 5.41) is 1.05. The first-order valence-corrected chi connectivity index (χ1v) is 6.42. The van der Waals surface area contributed by atoms with Crippen LogP contribution >= 0.6 is 0 Å². The summed E-state index contributed by atoms with van der Waals surface area (Å²) in [6, 6.07) is 7.96. The van der Waals surface area contributed by atoms with E-state index >= 15 is 0 Å². The van der Waals surface area contributed by atoms with Crippen LogP contribution in [0.4, 0.5) is 0 Å². The third-order valence-corrected chi connectivity index (χ3v) is 3.15. The summed E-state index contributed by atoms with van der Waals surface area (Å²) in [5.41, 5.74) is 1.89. The van der Waals surface area contributed by atoms with Crippen molar-refractivity contribution < 1.29 is 4.79 Å². The fraction of sp³-hybridized carbons (Fsp3) is 0.400. The predicted octanol–water partition coefficient (Wildman–Crippen LogP) is 4.32. The van der Waals surface area contributed by atoms with Gasteiger partial charge in [0, 0.05) is 29.1 Å². The minimum absolute atomic E-state index is 0.263. The van der Waals surface area contributed by atoms with Crippen molar-refractivity contribution >= 4 is 16.7 Å². The van der Waals surface area contributed by atoms with Gasteiger partial charge in [0.05, 0.1) is 0 Å². The largest absolute Gasteiger partial charge is 0.360 e. The van der Waals surface area contributed by atoms with E-state index < -0.39 is 0 Å². The van der Waals surface area contributed by atoms with Crippen LogP contribution in [0.15, 0.2) is 30.5 Å². The number of fused-ring (bicyclic) bond motifs is 1. The zero-order valence-corrected chi connectivity index (χ0v) is 10.3. The summed E-state index contributed by atoms with van der Waals surface area (Å²) >= 11 is 0. The third-order valence-electron chi connectivity index (χ3n) is 3.15. The molecule has 0 unspecified atom stereocenters. The number of aromatic nitrogens is 1. The van der Waals surface area contributed by atoms with Crippen molar-refractivity contribution in [1.82, 2.24) is 4.98 Å². The lowest BCUT2D eigenvalue weighted by atomic mass is 10.0. The molecule has 0 spiro atoms. The number of ketones is 1. The van der Waals surface area contributed by atoms with Crippen LogP contribution in [-0.4, -0.2) is 10.8 Å². The van der Waals surface area contributed by atoms with Crippen molar-refractivity contribution in [1.29, 1.82) is 0 Å². The van der Waals surface area contributed by atoms with Crippen molar-refractivity contribution in [2.75, 3.05) is 0 Å². The Labute approximate surface area is 102 Å². The standard InChI is InChI=1S/C15H19NO/c1-2-3-4-5-10-15(17)13-11-16-14-9-7-6-8-12(13)14/h6-9,11,16H,2-5,10H2,1H3. The lowest BCUT2D eigenvalue weighted by molar-refractivity contribution is 0.0981. The highest BCUT2D eigenvalue weighted by Crippen LogP contribution is 2.20. The summed E-state index contributed by atoms with van der Waals surface area (Å²) in [4.78, 5) is 15.2. The highest BCUT2D eigenvalue weighted by molar-refractivity contribution is 6.07. The minimum Gasteiger partial charge on any atom is -0.360 e. The average molecular weight is 229 g/mol. The molecule has 0 amide bonds. The highest BCUT2D eigenvalue weighted by Gasteiger charge is 2.10. The molecule has 2 rings (SSSR count). The van der Waals surface area contributed by atoms with Crippen LogP contribution in [0, 0.1) is 0 Å². The van der Waals surface area contributed by atoms with Crippen molar-refractivity contribution in [2.45, 2.75) is 39.0 Å². The van der Waals surface area contributed by atoms with Gasteiger partial charge >= 0.3 is 0 Å². The summed E-state index contributed by atoms with van der Waals surface area (Å²) < 4.78 is 0. The molecule has 90 valence electrons. The van der Waals surface area contributed by atoms with Gasteiger partial charge in [0.2, 0.25) is 0 Å². The van der Waals surface area contributed by atoms with Crippen LogP contribution < -0.4 is 0 Å². The van der Waals surface area contributed by atoms with Gasteiger partial charge in [0.25, 0.3) is 0 Å². The van der Waals surface area contributed by atoms with E-state index in [0.29, 0.717) is 6.42 Å². The molecule has 0 aliphatic rings. The normalized spacial score (nSPS) is 10.9. The molecule has 1 N–H and O–H groups in total. The molecule has 0 aliphatic heterocycles. The Bertz CT molecular complexity index is 498. The van der Waals surface area contributed by atoms with Crippen molar-refractivity contribution in [3.05, 3.63) is 36.0 Å². The number of para-hydroxylation sites is 1. The number of hydrogen-bond donors (Lipinski definition) is 1. The first kappa shape index (κ1) is 11.9. The van der Waals surface area contributed by atoms with E-state index in [1.54, 1.807) is 0 Å². The van der Waals surface area contributed by atoms with Crippen molar-refractivity contribution in [3.63, 3.8) is 0 Å². The zero-order chi connectivity index (χ0) is 12.1. The fourth-order valence-electron chi connectivity index (χ4n) is 2.15. The summed E-state index contributed by atoms with van der Waals surface area (Å²) in [6.45, 7) is 2.18. The number of nitrogens with one attached hydrogen (secondary N) is 1. The van der Waals surface area contributed by atoms with E-state index in [0.717, 1.165) is 29.3 Å². The van der Waals surface area contributed by atoms with E-state index in [1.165, 1.54) is 12.8 Å². The van der Waals surface area contributed by atoms with E-state index in [9.17, 15) is 4.79 Å². The van der Waals surface area contributed by atoms with Gasteiger partial charge < -0.3 is 4.98 Å². The Hall–Kier alpha value is -1.57. The van der Waals surface area contributed by atoms with Gasteiger partial charge in [0.15, 0.2) is 5.78 Å². The number of carbonyl (C=O) groups excluding carboxylic acids is 1. The highest BCUT2D eigenvalue weighted by atomic mass is 16.1. The molecule has 17 heavy (non-hydrogen) atoms. The average Bonchev–Trinajstić information content (AvgIpc) is 2.78. The Kier molecular flexibility index (Phi) is 3.97. The maximum absolute atomic E-state index is 12.1. The van der Waals surface area contributed by atoms with E-state index in [2.05, 4.69) is 11.9 Å². The second-order valence-corrected chi connectivity index (χ2v) is 4.48. The van der Waals surface area contributed by atoms with Gasteiger partial charge in [-0.15, -0.1) is 0 Å². The lowest BCUT2D eigenvalue weighted by Crippen LogP contribution is -1.97. The van der Waals surface area contributed by atoms with Crippen LogP contribution in [0.5, 0.6) is 0 Å². The van der Waals surface area contributed by atoms with Crippen LogP contribution in [0.25, 0.3) is 10.9 Å². The second-order valence-electron chi connectivity index (χ2n) is 4.48. The minimum atomic E-state index is 0.263. The monoisotopic (exact) mass is 229 g/mol. The van der Waals surface area contributed by atoms with Gasteiger partial charge in [-0.1, -0.05) is 44.4 Å². The molecule has 0 saturated carbocycles. The molecule has 0 radical (unpaired) electrons. The van der Waals surface area contributed by atoms with Gasteiger partial charge in [-0.2, -0.15) is 0 Å². The zero-order valence-electron chi connectivity index (χ0n) is 10.3. The van der Waals surface area contributed by atoms with Gasteiger partial charge in [-0.05, 0) is 12.5 Å². The molecule has 1 heterocycles. The summed E-state index contributed by atoms with van der Waals surface area (Å²) in [5.74, 6) is 0.263. The molecule has 0 bridgehead atoms. The quantitative estimate of drug-likeness (QED) is 0.580. The number of benzene rings is 1. The fourth-order valence-corrected chi connectivity index (χ4v) is 2.15. The van der Waals surface area contributed by atoms with Gasteiger partial charge in [-0.3, -0.25) is 4.79 Å². The Balaban J connectivity index is 2.04. The van der Waals surface area contributed by atoms with Crippen LogP contribution in [0.2, 0.25) is 0 Å². The maximum atomic E-state index is 12.1. The van der Waals surface area contributed by atoms with E-state index in [-0.39, 0.29) is 5.78 Å². The molecule has 0 atom stereocenters. The SMILES string of the molecule is CCCCCCC(=O)c1c[nH]c2ccccc12. The van der Waals surface area contributed by atoms with Crippen LogP contribution in [0.3, 0.4) is 0 Å². The molecule has 2 nitrogen and oxygen atoms in total. The number of aromatic amines is 1. The van der Waals surface area contributed by atoms with Crippen LogP contribution in [-0.2, 0) is 0 Å². The number of carbonyl (C=O) groups is 1. The Morgan fingerprint density at radius 3 is 2.82 bits per heavy atom. The van der Waals surface area contributed by atoms with Gasteiger partial charge in [0.1, 0.15) is 0 Å². The summed E-state index contributed by atoms with van der Waals surface area (Å²) in [6.07, 6.45) is 7.11. The topological polar surface area (TPSA) is 32.9 Å². The third kappa shape index (κ3) is 2.76. The molecule has 0 aliphatic carbocycles. The van der Waals surface area contributed by atoms with Gasteiger partial charge in [-0.25, -0.2) is 0 Å². The molecule has 2 heteroatoms. The predicted molar refractivity (Wildman–Crippen MR) is 71.4 cm³/mol. The van der Waals surface area contributed by atoms with Crippen LogP contribution in [0.1, 0.15) is 49.4 Å². The number of H-pyrrole nitrogens is 1. The maximum Gasteiger partial charge on any atom is 0.165 e. The number of Topliss-reactive ketones (excluding diaryl/α,β-unsaturated/α-hetero) is 1. The Morgan fingerprint density at radius 1 is 1.18 bits per heavy atom. The molecule has 0 fully saturated rings. The first-order chi connectivity index (χ1) is 8.33. The molecule has 0 saturated heterocycles. The number of hydrogen-bond acceptors (Lipinski definition) is 1. The molecule has 2 aromatic rings. The Morgan fingerprint density at radius 2 is 2.00 bits per heavy atom. The molecular weight excluding hydrogens is 210 g/mol. The van der Waals surface area contributed by atoms with E-state index in [4.69, 9.17) is 0 Å². The molecule has 1 aromatic carbocycles. The summed E-state index contributed by atoms with van der Waals surface area (Å²) in [7, 11) is 0. The van der Waals surface area contributed by atoms with Crippen molar-refractivity contribution in [3.8, 4) is 0 Å².